The van der Waals surface area contributed by atoms with Crippen LogP contribution in [-0.4, -0.2) is 75.3 Å². The minimum Gasteiger partial charge on any atom is -0.481 e. The van der Waals surface area contributed by atoms with Crippen molar-refractivity contribution in [2.75, 3.05) is 0 Å². The molecule has 0 aromatic heterocycles. The molecule has 0 aliphatic heterocycles. The van der Waals surface area contributed by atoms with E-state index in [0.717, 1.165) is 0 Å². The fraction of sp³-hybridized carbons (Fsp3) is 0.722. The maximum atomic E-state index is 12.5. The van der Waals surface area contributed by atoms with Crippen molar-refractivity contribution in [3.05, 3.63) is 0 Å². The summed E-state index contributed by atoms with van der Waals surface area (Å²) in [4.78, 5) is 58.9. The van der Waals surface area contributed by atoms with Crippen LogP contribution in [0.5, 0.6) is 0 Å². The van der Waals surface area contributed by atoms with Gasteiger partial charge in [0.1, 0.15) is 24.2 Å². The van der Waals surface area contributed by atoms with Crippen LogP contribution >= 0.6 is 0 Å². The van der Waals surface area contributed by atoms with Crippen molar-refractivity contribution in [3.63, 3.8) is 0 Å². The number of aliphatic hydroxyl groups excluding tert-OH is 1. The molecule has 0 saturated carbocycles. The predicted octanol–water partition coefficient (Wildman–Crippen LogP) is -1.84. The second-order valence-electron chi connectivity index (χ2n) is 7.52. The Balaban J connectivity index is 5.13. The Hall–Kier alpha value is -2.73. The maximum Gasteiger partial charge on any atom is 0.326 e. The first-order valence-electron chi connectivity index (χ1n) is 9.55. The third-order valence-corrected chi connectivity index (χ3v) is 4.18. The normalized spacial score (nSPS) is 16.0. The van der Waals surface area contributed by atoms with Crippen LogP contribution < -0.4 is 21.7 Å². The topological polar surface area (TPSA) is 208 Å². The summed E-state index contributed by atoms with van der Waals surface area (Å²) in [6.45, 7) is 6.18. The summed E-state index contributed by atoms with van der Waals surface area (Å²) in [5.41, 5.74) is 5.51. The standard InChI is InChI=1S/C18H32N4O8/c1-8(2)7-12(18(29)30)22-15(26)9(3)20-16(27)11(5-6-13(24)25)21-17(28)14(19)10(4)23/h8-12,14,23H,5-7,19H2,1-4H3,(H,20,27)(H,21,28)(H,22,26)(H,24,25)(H,29,30)/t9-,10+,11-,12+,14-/m1/s1. The summed E-state index contributed by atoms with van der Waals surface area (Å²) in [5, 5.41) is 34.3. The molecule has 0 heterocycles. The third-order valence-electron chi connectivity index (χ3n) is 4.18. The molecule has 0 saturated heterocycles. The summed E-state index contributed by atoms with van der Waals surface area (Å²) in [6, 6.07) is -4.94. The van der Waals surface area contributed by atoms with Gasteiger partial charge in [0.25, 0.3) is 0 Å². The van der Waals surface area contributed by atoms with E-state index in [1.54, 1.807) is 13.8 Å². The van der Waals surface area contributed by atoms with Crippen molar-refractivity contribution in [1.82, 2.24) is 16.0 Å². The molecule has 0 bridgehead atoms. The number of rotatable bonds is 13. The number of amides is 3. The predicted molar refractivity (Wildman–Crippen MR) is 105 cm³/mol. The largest absolute Gasteiger partial charge is 0.481 e. The first kappa shape index (κ1) is 27.3. The van der Waals surface area contributed by atoms with Crippen LogP contribution in [0.2, 0.25) is 0 Å². The van der Waals surface area contributed by atoms with Gasteiger partial charge in [-0.15, -0.1) is 0 Å². The van der Waals surface area contributed by atoms with E-state index < -0.39 is 66.4 Å². The molecule has 3 amide bonds. The summed E-state index contributed by atoms with van der Waals surface area (Å²) in [7, 11) is 0. The number of carbonyl (C=O) groups excluding carboxylic acids is 3. The van der Waals surface area contributed by atoms with Crippen LogP contribution in [0.1, 0.15) is 47.0 Å². The van der Waals surface area contributed by atoms with E-state index in [9.17, 15) is 34.2 Å². The first-order chi connectivity index (χ1) is 13.8. The average Bonchev–Trinajstić information content (AvgIpc) is 2.62. The maximum absolute atomic E-state index is 12.5. The highest BCUT2D eigenvalue weighted by Crippen LogP contribution is 2.06. The molecule has 0 radical (unpaired) electrons. The molecule has 0 aliphatic carbocycles. The van der Waals surface area contributed by atoms with Gasteiger partial charge < -0.3 is 37.0 Å². The lowest BCUT2D eigenvalue weighted by Crippen LogP contribution is -2.57. The van der Waals surface area contributed by atoms with Crippen LogP contribution in [0.15, 0.2) is 0 Å². The van der Waals surface area contributed by atoms with Crippen molar-refractivity contribution in [2.24, 2.45) is 11.7 Å². The Kier molecular flexibility index (Phi) is 11.6. The molecule has 8 N–H and O–H groups in total. The number of carbonyl (C=O) groups is 5. The van der Waals surface area contributed by atoms with Crippen LogP contribution in [-0.2, 0) is 24.0 Å². The molecule has 5 atom stereocenters. The molecule has 0 aliphatic rings. The Labute approximate surface area is 174 Å². The zero-order valence-corrected chi connectivity index (χ0v) is 17.5. The van der Waals surface area contributed by atoms with Crippen LogP contribution in [0.4, 0.5) is 0 Å². The van der Waals surface area contributed by atoms with Gasteiger partial charge in [-0.2, -0.15) is 0 Å². The number of carboxylic acids is 2. The van der Waals surface area contributed by atoms with Gasteiger partial charge in [0.05, 0.1) is 6.10 Å². The molecule has 12 heteroatoms. The van der Waals surface area contributed by atoms with Crippen LogP contribution in [0.25, 0.3) is 0 Å². The molecule has 172 valence electrons. The monoisotopic (exact) mass is 432 g/mol. The zero-order chi connectivity index (χ0) is 23.6. The smallest absolute Gasteiger partial charge is 0.326 e. The number of hydrogen-bond donors (Lipinski definition) is 7. The van der Waals surface area contributed by atoms with E-state index >= 15 is 0 Å². The molecule has 0 spiro atoms. The van der Waals surface area contributed by atoms with Crippen molar-refractivity contribution >= 4 is 29.7 Å². The molecule has 0 aromatic carbocycles. The van der Waals surface area contributed by atoms with E-state index in [-0.39, 0.29) is 18.8 Å². The second-order valence-corrected chi connectivity index (χ2v) is 7.52. The lowest BCUT2D eigenvalue weighted by Gasteiger charge is -2.24. The van der Waals surface area contributed by atoms with Crippen molar-refractivity contribution in [3.8, 4) is 0 Å². The number of aliphatic hydroxyl groups is 1. The van der Waals surface area contributed by atoms with Gasteiger partial charge in [0.15, 0.2) is 0 Å². The third kappa shape index (κ3) is 10.2. The van der Waals surface area contributed by atoms with Crippen molar-refractivity contribution in [2.45, 2.75) is 77.2 Å². The SMILES string of the molecule is CC(C)C[C@H](NC(=O)[C@@H](C)NC(=O)[C@@H](CCC(=O)O)NC(=O)[C@H](N)[C@H](C)O)C(=O)O. The molecular weight excluding hydrogens is 400 g/mol. The molecule has 30 heavy (non-hydrogen) atoms. The Morgan fingerprint density at radius 2 is 1.37 bits per heavy atom. The lowest BCUT2D eigenvalue weighted by atomic mass is 10.0. The summed E-state index contributed by atoms with van der Waals surface area (Å²) in [6.07, 6.45) is -1.74. The van der Waals surface area contributed by atoms with Crippen molar-refractivity contribution < 1.29 is 39.3 Å². The number of carboxylic acid groups (broad SMARTS) is 2. The van der Waals surface area contributed by atoms with Gasteiger partial charge in [0.2, 0.25) is 17.7 Å². The number of hydrogen-bond acceptors (Lipinski definition) is 7. The minimum atomic E-state index is -1.33. The van der Waals surface area contributed by atoms with E-state index in [1.807, 2.05) is 0 Å². The fourth-order valence-electron chi connectivity index (χ4n) is 2.39. The summed E-state index contributed by atoms with van der Waals surface area (Å²) < 4.78 is 0. The van der Waals surface area contributed by atoms with Crippen LogP contribution in [0.3, 0.4) is 0 Å². The van der Waals surface area contributed by atoms with Crippen molar-refractivity contribution in [1.29, 1.82) is 0 Å². The summed E-state index contributed by atoms with van der Waals surface area (Å²) in [5.74, 6) is -4.87. The fourth-order valence-corrected chi connectivity index (χ4v) is 2.39. The molecule has 0 unspecified atom stereocenters. The molecule has 12 nitrogen and oxygen atoms in total. The lowest BCUT2D eigenvalue weighted by molar-refractivity contribution is -0.142. The van der Waals surface area contributed by atoms with E-state index in [1.165, 1.54) is 13.8 Å². The first-order valence-corrected chi connectivity index (χ1v) is 9.55. The Morgan fingerprint density at radius 3 is 1.80 bits per heavy atom. The second kappa shape index (κ2) is 12.8. The molecule has 0 aromatic rings. The minimum absolute atomic E-state index is 0.00466. The molecule has 0 rings (SSSR count). The van der Waals surface area contributed by atoms with Gasteiger partial charge in [-0.1, -0.05) is 13.8 Å². The highest BCUT2D eigenvalue weighted by atomic mass is 16.4. The molecular formula is C18H32N4O8. The highest BCUT2D eigenvalue weighted by molar-refractivity contribution is 5.94. The van der Waals surface area contributed by atoms with E-state index in [2.05, 4.69) is 16.0 Å². The van der Waals surface area contributed by atoms with Gasteiger partial charge in [0, 0.05) is 6.42 Å². The summed E-state index contributed by atoms with van der Waals surface area (Å²) >= 11 is 0. The Morgan fingerprint density at radius 1 is 0.833 bits per heavy atom. The van der Waals surface area contributed by atoms with Crippen LogP contribution in [0, 0.1) is 5.92 Å². The van der Waals surface area contributed by atoms with Gasteiger partial charge in [-0.3, -0.25) is 19.2 Å². The van der Waals surface area contributed by atoms with E-state index in [0.29, 0.717) is 0 Å². The van der Waals surface area contributed by atoms with Gasteiger partial charge in [-0.05, 0) is 32.6 Å². The van der Waals surface area contributed by atoms with Gasteiger partial charge in [-0.25, -0.2) is 4.79 Å². The van der Waals surface area contributed by atoms with Gasteiger partial charge >= 0.3 is 11.9 Å². The zero-order valence-electron chi connectivity index (χ0n) is 17.5. The quantitative estimate of drug-likeness (QED) is 0.174. The number of nitrogens with one attached hydrogen (secondary N) is 3. The highest BCUT2D eigenvalue weighted by Gasteiger charge is 2.29. The van der Waals surface area contributed by atoms with E-state index in [4.69, 9.17) is 10.8 Å². The number of nitrogens with two attached hydrogens (primary N) is 1. The average molecular weight is 432 g/mol. The molecule has 0 fully saturated rings. The number of aliphatic carboxylic acids is 2. The Bertz CT molecular complexity index is 638.